The fourth-order valence-corrected chi connectivity index (χ4v) is 3.35. The molecule has 5 heteroatoms. The molecule has 0 atom stereocenters. The lowest BCUT2D eigenvalue weighted by molar-refractivity contribution is 0.958. The van der Waals surface area contributed by atoms with E-state index in [-0.39, 0.29) is 0 Å². The molecule has 0 aliphatic rings. The highest BCUT2D eigenvalue weighted by atomic mass is 15.1. The Bertz CT molecular complexity index is 1200. The maximum Gasteiger partial charge on any atom is 0.141 e. The number of rotatable bonds is 3. The predicted molar refractivity (Wildman–Crippen MR) is 110 cm³/mol. The molecule has 0 N–H and O–H groups in total. The van der Waals surface area contributed by atoms with Crippen LogP contribution in [0, 0.1) is 0 Å². The summed E-state index contributed by atoms with van der Waals surface area (Å²) in [5.74, 6) is 0.887. The first-order valence-electron chi connectivity index (χ1n) is 9.06. The number of benzene rings is 1. The molecule has 0 radical (unpaired) electrons. The number of aromatic nitrogens is 5. The van der Waals surface area contributed by atoms with Crippen molar-refractivity contribution in [2.24, 2.45) is 7.05 Å². The lowest BCUT2D eigenvalue weighted by Gasteiger charge is -2.09. The Morgan fingerprint density at radius 1 is 0.643 bits per heavy atom. The minimum absolute atomic E-state index is 0.797. The summed E-state index contributed by atoms with van der Waals surface area (Å²) in [6, 6.07) is 23.9. The van der Waals surface area contributed by atoms with Gasteiger partial charge in [-0.25, -0.2) is 9.97 Å². The highest BCUT2D eigenvalue weighted by Gasteiger charge is 2.14. The van der Waals surface area contributed by atoms with Crippen LogP contribution in [0.25, 0.3) is 45.2 Å². The van der Waals surface area contributed by atoms with Crippen LogP contribution < -0.4 is 0 Å². The van der Waals surface area contributed by atoms with E-state index < -0.39 is 0 Å². The topological polar surface area (TPSA) is 56.5 Å². The first-order valence-corrected chi connectivity index (χ1v) is 9.06. The Balaban J connectivity index is 1.76. The Morgan fingerprint density at radius 3 is 1.82 bits per heavy atom. The predicted octanol–water partition coefficient (Wildman–Crippen LogP) is 4.76. The van der Waals surface area contributed by atoms with Gasteiger partial charge in [0.25, 0.3) is 0 Å². The molecule has 5 aromatic rings. The Morgan fingerprint density at radius 2 is 1.25 bits per heavy atom. The standard InChI is InChI=1S/C23H17N5/c1-28-22-11-3-2-10-19(22)27-23(28)16-14-20(17-8-4-6-12-24-17)26-21(15-16)18-9-5-7-13-25-18/h2-15H,1H3. The number of hydrogen-bond donors (Lipinski definition) is 0. The molecule has 4 heterocycles. The Labute approximate surface area is 162 Å². The van der Waals surface area contributed by atoms with Gasteiger partial charge in [0.05, 0.1) is 33.8 Å². The summed E-state index contributed by atoms with van der Waals surface area (Å²) < 4.78 is 2.11. The normalized spacial score (nSPS) is 11.0. The molecule has 5 nitrogen and oxygen atoms in total. The van der Waals surface area contributed by atoms with E-state index in [0.29, 0.717) is 0 Å². The van der Waals surface area contributed by atoms with Crippen molar-refractivity contribution in [3.05, 3.63) is 85.2 Å². The number of para-hydroxylation sites is 2. The summed E-state index contributed by atoms with van der Waals surface area (Å²) in [6.07, 6.45) is 3.55. The summed E-state index contributed by atoms with van der Waals surface area (Å²) in [4.78, 5) is 18.6. The van der Waals surface area contributed by atoms with Crippen LogP contribution >= 0.6 is 0 Å². The van der Waals surface area contributed by atoms with E-state index in [0.717, 1.165) is 45.2 Å². The van der Waals surface area contributed by atoms with Gasteiger partial charge in [-0.05, 0) is 48.5 Å². The molecular formula is C23H17N5. The van der Waals surface area contributed by atoms with Gasteiger partial charge in [-0.1, -0.05) is 24.3 Å². The summed E-state index contributed by atoms with van der Waals surface area (Å²) in [6.45, 7) is 0. The van der Waals surface area contributed by atoms with Crippen molar-refractivity contribution in [1.29, 1.82) is 0 Å². The van der Waals surface area contributed by atoms with Crippen molar-refractivity contribution >= 4 is 11.0 Å². The Hall–Kier alpha value is -3.86. The summed E-state index contributed by atoms with van der Waals surface area (Å²) in [7, 11) is 2.03. The maximum atomic E-state index is 4.85. The number of fused-ring (bicyclic) bond motifs is 1. The highest BCUT2D eigenvalue weighted by Crippen LogP contribution is 2.30. The van der Waals surface area contributed by atoms with Crippen LogP contribution in [0.5, 0.6) is 0 Å². The molecule has 0 spiro atoms. The minimum atomic E-state index is 0.797. The average molecular weight is 363 g/mol. The second kappa shape index (κ2) is 6.70. The molecule has 0 unspecified atom stereocenters. The lowest BCUT2D eigenvalue weighted by Crippen LogP contribution is -1.97. The SMILES string of the molecule is Cn1c(-c2cc(-c3ccccn3)nc(-c3ccccn3)c2)nc2ccccc21. The number of imidazole rings is 1. The van der Waals surface area contributed by atoms with Crippen LogP contribution in [-0.4, -0.2) is 24.5 Å². The van der Waals surface area contributed by atoms with E-state index in [9.17, 15) is 0 Å². The second-order valence-corrected chi connectivity index (χ2v) is 6.54. The Kier molecular flexibility index (Phi) is 3.91. The average Bonchev–Trinajstić information content (AvgIpc) is 3.11. The van der Waals surface area contributed by atoms with Gasteiger partial charge in [-0.15, -0.1) is 0 Å². The summed E-state index contributed by atoms with van der Waals surface area (Å²) >= 11 is 0. The largest absolute Gasteiger partial charge is 0.327 e. The second-order valence-electron chi connectivity index (χ2n) is 6.54. The first kappa shape index (κ1) is 16.3. The molecule has 0 amide bonds. The van der Waals surface area contributed by atoms with E-state index in [1.165, 1.54) is 0 Å². The summed E-state index contributed by atoms with van der Waals surface area (Å²) in [5, 5.41) is 0. The lowest BCUT2D eigenvalue weighted by atomic mass is 10.1. The van der Waals surface area contributed by atoms with Gasteiger partial charge in [0.15, 0.2) is 0 Å². The fourth-order valence-electron chi connectivity index (χ4n) is 3.35. The maximum absolute atomic E-state index is 4.85. The zero-order chi connectivity index (χ0) is 18.9. The van der Waals surface area contributed by atoms with Gasteiger partial charge >= 0.3 is 0 Å². The van der Waals surface area contributed by atoms with E-state index in [1.807, 2.05) is 73.8 Å². The van der Waals surface area contributed by atoms with Crippen molar-refractivity contribution in [2.45, 2.75) is 0 Å². The molecule has 0 bridgehead atoms. The van der Waals surface area contributed by atoms with Crippen LogP contribution in [0.2, 0.25) is 0 Å². The molecule has 1 aromatic carbocycles. The van der Waals surface area contributed by atoms with Crippen molar-refractivity contribution in [3.8, 4) is 34.2 Å². The van der Waals surface area contributed by atoms with Crippen LogP contribution in [0.15, 0.2) is 85.2 Å². The van der Waals surface area contributed by atoms with Gasteiger partial charge in [-0.2, -0.15) is 0 Å². The van der Waals surface area contributed by atoms with E-state index in [2.05, 4.69) is 20.6 Å². The van der Waals surface area contributed by atoms with Crippen LogP contribution in [-0.2, 0) is 7.05 Å². The molecule has 134 valence electrons. The minimum Gasteiger partial charge on any atom is -0.327 e. The van der Waals surface area contributed by atoms with Gasteiger partial charge < -0.3 is 4.57 Å². The zero-order valence-corrected chi connectivity index (χ0v) is 15.3. The van der Waals surface area contributed by atoms with Crippen molar-refractivity contribution in [3.63, 3.8) is 0 Å². The number of nitrogens with zero attached hydrogens (tertiary/aromatic N) is 5. The molecule has 0 aliphatic heterocycles. The first-order chi connectivity index (χ1) is 13.8. The third-order valence-electron chi connectivity index (χ3n) is 4.73. The monoisotopic (exact) mass is 363 g/mol. The smallest absolute Gasteiger partial charge is 0.141 e. The van der Waals surface area contributed by atoms with Crippen LogP contribution in [0.3, 0.4) is 0 Å². The third kappa shape index (κ3) is 2.83. The number of aryl methyl sites for hydroxylation is 1. The van der Waals surface area contributed by atoms with E-state index in [4.69, 9.17) is 9.97 Å². The molecule has 0 saturated heterocycles. The highest BCUT2D eigenvalue weighted by molar-refractivity contribution is 5.82. The third-order valence-corrected chi connectivity index (χ3v) is 4.73. The van der Waals surface area contributed by atoms with Crippen molar-refractivity contribution < 1.29 is 0 Å². The molecule has 0 fully saturated rings. The quantitative estimate of drug-likeness (QED) is 0.464. The van der Waals surface area contributed by atoms with Crippen LogP contribution in [0.1, 0.15) is 0 Å². The van der Waals surface area contributed by atoms with Gasteiger partial charge in [-0.3, -0.25) is 9.97 Å². The van der Waals surface area contributed by atoms with Gasteiger partial charge in [0.2, 0.25) is 0 Å². The molecule has 28 heavy (non-hydrogen) atoms. The summed E-state index contributed by atoms with van der Waals surface area (Å²) in [5.41, 5.74) is 6.27. The van der Waals surface area contributed by atoms with Crippen molar-refractivity contribution in [1.82, 2.24) is 24.5 Å². The van der Waals surface area contributed by atoms with Gasteiger partial charge in [0, 0.05) is 25.0 Å². The molecule has 4 aromatic heterocycles. The molecule has 5 rings (SSSR count). The van der Waals surface area contributed by atoms with E-state index in [1.54, 1.807) is 12.4 Å². The van der Waals surface area contributed by atoms with Gasteiger partial charge in [0.1, 0.15) is 5.82 Å². The molecular weight excluding hydrogens is 346 g/mol. The zero-order valence-electron chi connectivity index (χ0n) is 15.3. The molecule has 0 saturated carbocycles. The van der Waals surface area contributed by atoms with Crippen LogP contribution in [0.4, 0.5) is 0 Å². The number of hydrogen-bond acceptors (Lipinski definition) is 4. The fraction of sp³-hybridized carbons (Fsp3) is 0.0435. The van der Waals surface area contributed by atoms with E-state index >= 15 is 0 Å². The van der Waals surface area contributed by atoms with Crippen molar-refractivity contribution in [2.75, 3.05) is 0 Å². The number of pyridine rings is 3. The molecule has 0 aliphatic carbocycles.